The van der Waals surface area contributed by atoms with Crippen LogP contribution in [0.4, 0.5) is 9.59 Å². The summed E-state index contributed by atoms with van der Waals surface area (Å²) in [6.45, 7) is 2.43. The first-order valence-electron chi connectivity index (χ1n) is 20.0. The molecule has 19 nitrogen and oxygen atoms in total. The summed E-state index contributed by atoms with van der Waals surface area (Å²) >= 11 is 0. The fraction of sp³-hybridized carbons (Fsp3) is 0.488. The molecule has 0 spiro atoms. The normalized spacial score (nSPS) is 12.7. The molecule has 2 aromatic rings. The number of ketones is 1. The van der Waals surface area contributed by atoms with Crippen molar-refractivity contribution in [3.05, 3.63) is 71.3 Å². The minimum Gasteiger partial charge on any atom is -0.481 e. The molecular formula is C41H56N6O13S2. The zero-order valence-electron chi connectivity index (χ0n) is 34.4. The summed E-state index contributed by atoms with van der Waals surface area (Å²) in [6.07, 6.45) is 0.493. The van der Waals surface area contributed by atoms with Crippen LogP contribution in [0.1, 0.15) is 75.0 Å². The zero-order chi connectivity index (χ0) is 45.9. The Balaban J connectivity index is 1.91. The number of hydrogen-bond acceptors (Lipinski definition) is 11. The number of benzene rings is 2. The molecule has 0 aliphatic rings. The number of aliphatic carboxylic acids is 4. The molecule has 0 bridgehead atoms. The maximum atomic E-state index is 13.7. The Morgan fingerprint density at radius 1 is 0.613 bits per heavy atom. The standard InChI is InChI=1S/C41H56N6O13S2/c1-2-19-61-62-25-32(39(57)58)46-37(54)29(23-36(52)53)22-33(48)31(20-26-9-4-3-5-10-26)45-34(49)21-27-13-15-28(16-14-27)24-44-40(59)42-17-7-6-11-30(38(55)56)47-41(60)43-18-8-12-35(50)51/h3-5,9-10,13-16,29-32H,2,6-8,11-12,17-25H2,1H3,(H,45,49)(H,46,54)(H,50,51)(H,52,53)(H,55,56)(H,57,58)(H2,42,44,59)(H2,43,47,60)/t29-,30-,31-,32-/m0/s1. The molecule has 0 aliphatic heterocycles. The third-order valence-electron chi connectivity index (χ3n) is 8.97. The van der Waals surface area contributed by atoms with E-state index in [0.717, 1.165) is 12.2 Å². The number of carboxylic acid groups (broad SMARTS) is 4. The van der Waals surface area contributed by atoms with Crippen LogP contribution < -0.4 is 31.9 Å². The van der Waals surface area contributed by atoms with Crippen LogP contribution in [0.2, 0.25) is 0 Å². The van der Waals surface area contributed by atoms with Gasteiger partial charge in [0.25, 0.3) is 0 Å². The number of carboxylic acids is 4. The van der Waals surface area contributed by atoms with Gasteiger partial charge in [-0.1, -0.05) is 83.1 Å². The SMILES string of the molecule is CCCSSC[C@H](NC(=O)[C@H](CC(=O)O)CC(=O)[C@H](Cc1ccccc1)NC(=O)Cc1ccc(CNC(=O)NCCCC[C@H](NC(=O)NCCCC(=O)O)C(=O)O)cc1)C(=O)O. The van der Waals surface area contributed by atoms with E-state index in [0.29, 0.717) is 29.5 Å². The van der Waals surface area contributed by atoms with E-state index in [1.54, 1.807) is 54.6 Å². The number of Topliss-reactive ketones (excluding diaryl/α,β-unsaturated/α-hetero) is 1. The summed E-state index contributed by atoms with van der Waals surface area (Å²) < 4.78 is 0. The minimum atomic E-state index is -1.39. The highest BCUT2D eigenvalue weighted by Crippen LogP contribution is 2.23. The summed E-state index contributed by atoms with van der Waals surface area (Å²) in [4.78, 5) is 110. The smallest absolute Gasteiger partial charge is 0.327 e. The van der Waals surface area contributed by atoms with E-state index in [9.17, 15) is 58.5 Å². The highest BCUT2D eigenvalue weighted by Gasteiger charge is 2.32. The predicted octanol–water partition coefficient (Wildman–Crippen LogP) is 2.95. The lowest BCUT2D eigenvalue weighted by atomic mass is 9.91. The molecule has 2 aromatic carbocycles. The molecule has 0 aromatic heterocycles. The summed E-state index contributed by atoms with van der Waals surface area (Å²) in [5, 5.41) is 52.5. The predicted molar refractivity (Wildman–Crippen MR) is 231 cm³/mol. The van der Waals surface area contributed by atoms with Gasteiger partial charge in [0, 0.05) is 44.0 Å². The van der Waals surface area contributed by atoms with Gasteiger partial charge in [0.2, 0.25) is 11.8 Å². The first-order chi connectivity index (χ1) is 29.6. The number of rotatable bonds is 31. The first-order valence-corrected chi connectivity index (χ1v) is 22.5. The molecule has 0 unspecified atom stereocenters. The van der Waals surface area contributed by atoms with Crippen molar-refractivity contribution in [1.29, 1.82) is 0 Å². The third kappa shape index (κ3) is 22.7. The fourth-order valence-electron chi connectivity index (χ4n) is 5.71. The third-order valence-corrected chi connectivity index (χ3v) is 11.6. The molecule has 6 amide bonds. The van der Waals surface area contributed by atoms with E-state index in [1.165, 1.54) is 21.6 Å². The average Bonchev–Trinajstić information content (AvgIpc) is 3.22. The molecule has 0 heterocycles. The van der Waals surface area contributed by atoms with Gasteiger partial charge < -0.3 is 52.3 Å². The molecule has 0 radical (unpaired) electrons. The van der Waals surface area contributed by atoms with E-state index in [4.69, 9.17) is 5.11 Å². The van der Waals surface area contributed by atoms with E-state index >= 15 is 0 Å². The second-order valence-corrected chi connectivity index (χ2v) is 16.8. The molecule has 62 heavy (non-hydrogen) atoms. The van der Waals surface area contributed by atoms with Gasteiger partial charge in [-0.25, -0.2) is 19.2 Å². The number of hydrogen-bond donors (Lipinski definition) is 10. The fourth-order valence-corrected chi connectivity index (χ4v) is 8.00. The Morgan fingerprint density at radius 3 is 1.89 bits per heavy atom. The summed E-state index contributed by atoms with van der Waals surface area (Å²) in [7, 11) is 2.71. The number of carbonyl (C=O) groups is 9. The lowest BCUT2D eigenvalue weighted by Gasteiger charge is -2.22. The molecule has 0 saturated carbocycles. The second-order valence-electron chi connectivity index (χ2n) is 14.2. The van der Waals surface area contributed by atoms with E-state index in [1.807, 2.05) is 6.92 Å². The molecule has 0 saturated heterocycles. The Bertz CT molecular complexity index is 1800. The minimum absolute atomic E-state index is 0.0330. The van der Waals surface area contributed by atoms with Crippen LogP contribution >= 0.6 is 21.6 Å². The van der Waals surface area contributed by atoms with Crippen LogP contribution in [0.25, 0.3) is 0 Å². The van der Waals surface area contributed by atoms with Crippen molar-refractivity contribution < 1.29 is 63.6 Å². The van der Waals surface area contributed by atoms with Crippen molar-refractivity contribution in [1.82, 2.24) is 31.9 Å². The first kappa shape index (κ1) is 52.3. The van der Waals surface area contributed by atoms with Gasteiger partial charge in [0.15, 0.2) is 5.78 Å². The quantitative estimate of drug-likeness (QED) is 0.0384. The summed E-state index contributed by atoms with van der Waals surface area (Å²) in [6, 6.07) is 10.8. The lowest BCUT2D eigenvalue weighted by Crippen LogP contribution is -2.48. The summed E-state index contributed by atoms with van der Waals surface area (Å²) in [5.74, 6) is -7.47. The van der Waals surface area contributed by atoms with Crippen molar-refractivity contribution >= 4 is 75.1 Å². The van der Waals surface area contributed by atoms with Crippen LogP contribution in [0.15, 0.2) is 54.6 Å². The van der Waals surface area contributed by atoms with Crippen molar-refractivity contribution in [3.8, 4) is 0 Å². The zero-order valence-corrected chi connectivity index (χ0v) is 36.0. The van der Waals surface area contributed by atoms with Crippen molar-refractivity contribution in [2.45, 2.75) is 95.8 Å². The van der Waals surface area contributed by atoms with Crippen molar-refractivity contribution in [3.63, 3.8) is 0 Å². The van der Waals surface area contributed by atoms with Crippen molar-refractivity contribution in [2.75, 3.05) is 24.6 Å². The molecule has 4 atom stereocenters. The Labute approximate surface area is 367 Å². The highest BCUT2D eigenvalue weighted by atomic mass is 33.1. The van der Waals surface area contributed by atoms with Crippen LogP contribution in [0.5, 0.6) is 0 Å². The van der Waals surface area contributed by atoms with Crippen LogP contribution in [-0.4, -0.2) is 117 Å². The van der Waals surface area contributed by atoms with Crippen LogP contribution in [0.3, 0.4) is 0 Å². The molecule has 2 rings (SSSR count). The van der Waals surface area contributed by atoms with Gasteiger partial charge in [-0.05, 0) is 55.2 Å². The number of carbonyl (C=O) groups excluding carboxylic acids is 5. The van der Waals surface area contributed by atoms with Crippen molar-refractivity contribution in [2.24, 2.45) is 5.92 Å². The number of nitrogens with one attached hydrogen (secondary N) is 6. The Morgan fingerprint density at radius 2 is 1.26 bits per heavy atom. The molecule has 0 fully saturated rings. The molecule has 340 valence electrons. The number of amides is 6. The van der Waals surface area contributed by atoms with Gasteiger partial charge in [0.1, 0.15) is 12.1 Å². The topological polar surface area (TPSA) is 307 Å². The van der Waals surface area contributed by atoms with E-state index in [-0.39, 0.29) is 57.5 Å². The Kier molecular flexibility index (Phi) is 24.8. The monoisotopic (exact) mass is 904 g/mol. The van der Waals surface area contributed by atoms with Gasteiger partial charge in [0.05, 0.1) is 24.8 Å². The maximum Gasteiger partial charge on any atom is 0.327 e. The average molecular weight is 905 g/mol. The Hall–Kier alpha value is -5.83. The molecular weight excluding hydrogens is 849 g/mol. The largest absolute Gasteiger partial charge is 0.481 e. The maximum absolute atomic E-state index is 13.7. The lowest BCUT2D eigenvalue weighted by molar-refractivity contribution is -0.144. The van der Waals surface area contributed by atoms with Crippen LogP contribution in [-0.2, 0) is 52.9 Å². The number of urea groups is 2. The molecule has 21 heteroatoms. The van der Waals surface area contributed by atoms with Gasteiger partial charge in [-0.2, -0.15) is 0 Å². The molecule has 0 aliphatic carbocycles. The van der Waals surface area contributed by atoms with Gasteiger partial charge in [-0.3, -0.25) is 24.0 Å². The van der Waals surface area contributed by atoms with Gasteiger partial charge >= 0.3 is 35.9 Å². The van der Waals surface area contributed by atoms with Gasteiger partial charge in [-0.15, -0.1) is 0 Å². The van der Waals surface area contributed by atoms with E-state index < -0.39 is 90.4 Å². The molecule has 10 N–H and O–H groups in total. The summed E-state index contributed by atoms with van der Waals surface area (Å²) in [5.41, 5.74) is 2.00. The highest BCUT2D eigenvalue weighted by molar-refractivity contribution is 8.76. The van der Waals surface area contributed by atoms with E-state index in [2.05, 4.69) is 31.9 Å². The second kappa shape index (κ2) is 29.4. The van der Waals surface area contributed by atoms with Crippen LogP contribution in [0, 0.1) is 5.92 Å². The number of unbranched alkanes of at least 4 members (excludes halogenated alkanes) is 1.